The van der Waals surface area contributed by atoms with E-state index in [0.29, 0.717) is 30.1 Å². The molecular weight excluding hydrogens is 342 g/mol. The van der Waals surface area contributed by atoms with Crippen molar-refractivity contribution >= 4 is 26.0 Å². The van der Waals surface area contributed by atoms with Gasteiger partial charge >= 0.3 is 0 Å². The topological polar surface area (TPSA) is 46.6 Å². The summed E-state index contributed by atoms with van der Waals surface area (Å²) in [4.78, 5) is 0. The van der Waals surface area contributed by atoms with E-state index in [1.807, 2.05) is 13.8 Å². The number of alkyl halides is 1. The first-order valence-electron chi connectivity index (χ1n) is 7.54. The minimum Gasteiger partial charge on any atom is -0.369 e. The van der Waals surface area contributed by atoms with Crippen LogP contribution in [-0.2, 0) is 14.8 Å². The zero-order valence-electron chi connectivity index (χ0n) is 12.5. The maximum absolute atomic E-state index is 12.7. The van der Waals surface area contributed by atoms with Crippen molar-refractivity contribution in [3.8, 4) is 0 Å². The van der Waals surface area contributed by atoms with E-state index in [0.717, 1.165) is 12.8 Å². The predicted octanol–water partition coefficient (Wildman–Crippen LogP) is 2.77. The molecule has 6 heteroatoms. The Morgan fingerprint density at radius 3 is 2.50 bits per heavy atom. The zero-order chi connectivity index (χ0) is 14.8. The van der Waals surface area contributed by atoms with Gasteiger partial charge in [-0.2, -0.15) is 4.31 Å². The Morgan fingerprint density at radius 1 is 1.25 bits per heavy atom. The standard InChI is InChI=1S/C14H26BrNO3S/c1-14(2)11-16(9-13(8-15)19-14)20(17,18)10-12-6-4-3-5-7-12/h12-13H,3-11H2,1-2H3. The zero-order valence-corrected chi connectivity index (χ0v) is 14.9. The van der Waals surface area contributed by atoms with Gasteiger partial charge in [0.1, 0.15) is 0 Å². The van der Waals surface area contributed by atoms with E-state index in [-0.39, 0.29) is 6.10 Å². The molecule has 2 fully saturated rings. The maximum Gasteiger partial charge on any atom is 0.214 e. The van der Waals surface area contributed by atoms with Gasteiger partial charge in [-0.3, -0.25) is 0 Å². The van der Waals surface area contributed by atoms with Gasteiger partial charge in [-0.25, -0.2) is 8.42 Å². The number of ether oxygens (including phenoxy) is 1. The fourth-order valence-electron chi connectivity index (χ4n) is 3.29. The lowest BCUT2D eigenvalue weighted by molar-refractivity contribution is -0.107. The lowest BCUT2D eigenvalue weighted by atomic mass is 9.91. The van der Waals surface area contributed by atoms with Crippen molar-refractivity contribution in [2.75, 3.05) is 24.2 Å². The fraction of sp³-hybridized carbons (Fsp3) is 1.00. The van der Waals surface area contributed by atoms with E-state index in [1.54, 1.807) is 4.31 Å². The highest BCUT2D eigenvalue weighted by Crippen LogP contribution is 2.29. The molecule has 2 rings (SSSR count). The van der Waals surface area contributed by atoms with Crippen LogP contribution in [0.1, 0.15) is 46.0 Å². The third-order valence-corrected chi connectivity index (χ3v) is 6.87. The van der Waals surface area contributed by atoms with Gasteiger partial charge in [-0.15, -0.1) is 0 Å². The highest BCUT2D eigenvalue weighted by molar-refractivity contribution is 9.09. The van der Waals surface area contributed by atoms with Crippen LogP contribution in [0, 0.1) is 5.92 Å². The number of rotatable bonds is 4. The van der Waals surface area contributed by atoms with E-state index in [2.05, 4.69) is 15.9 Å². The van der Waals surface area contributed by atoms with Crippen LogP contribution < -0.4 is 0 Å². The summed E-state index contributed by atoms with van der Waals surface area (Å²) in [6.45, 7) is 4.87. The summed E-state index contributed by atoms with van der Waals surface area (Å²) in [5.74, 6) is 0.667. The average molecular weight is 368 g/mol. The van der Waals surface area contributed by atoms with Crippen molar-refractivity contribution in [1.29, 1.82) is 0 Å². The summed E-state index contributed by atoms with van der Waals surface area (Å²) in [6.07, 6.45) is 5.69. The predicted molar refractivity (Wildman–Crippen MR) is 84.7 cm³/mol. The van der Waals surface area contributed by atoms with E-state index in [1.165, 1.54) is 19.3 Å². The third kappa shape index (κ3) is 4.42. The van der Waals surface area contributed by atoms with Gasteiger partial charge in [0.15, 0.2) is 0 Å². The summed E-state index contributed by atoms with van der Waals surface area (Å²) in [5.41, 5.74) is -0.406. The summed E-state index contributed by atoms with van der Waals surface area (Å²) in [7, 11) is -3.16. The Labute approximate surface area is 131 Å². The van der Waals surface area contributed by atoms with Gasteiger partial charge in [-0.05, 0) is 32.6 Å². The largest absolute Gasteiger partial charge is 0.369 e. The van der Waals surface area contributed by atoms with E-state index >= 15 is 0 Å². The molecule has 1 saturated heterocycles. The van der Waals surface area contributed by atoms with Crippen molar-refractivity contribution in [3.05, 3.63) is 0 Å². The average Bonchev–Trinajstić information content (AvgIpc) is 2.37. The van der Waals surface area contributed by atoms with Crippen molar-refractivity contribution in [2.24, 2.45) is 5.92 Å². The van der Waals surface area contributed by atoms with Crippen molar-refractivity contribution < 1.29 is 13.2 Å². The van der Waals surface area contributed by atoms with Gasteiger partial charge < -0.3 is 4.74 Å². The quantitative estimate of drug-likeness (QED) is 0.717. The molecular formula is C14H26BrNO3S. The first-order chi connectivity index (χ1) is 9.32. The molecule has 0 N–H and O–H groups in total. The molecule has 0 aromatic rings. The van der Waals surface area contributed by atoms with Gasteiger partial charge in [0, 0.05) is 18.4 Å². The number of hydrogen-bond donors (Lipinski definition) is 0. The van der Waals surface area contributed by atoms with Crippen LogP contribution in [0.3, 0.4) is 0 Å². The molecule has 2 aliphatic rings. The van der Waals surface area contributed by atoms with Crippen LogP contribution >= 0.6 is 15.9 Å². The molecule has 0 aromatic carbocycles. The molecule has 1 aliphatic carbocycles. The molecule has 0 bridgehead atoms. The molecule has 1 saturated carbocycles. The second-order valence-electron chi connectivity index (χ2n) is 6.73. The molecule has 20 heavy (non-hydrogen) atoms. The molecule has 4 nitrogen and oxygen atoms in total. The normalized spacial score (nSPS) is 29.4. The van der Waals surface area contributed by atoms with Crippen molar-refractivity contribution in [2.45, 2.75) is 57.7 Å². The number of hydrogen-bond acceptors (Lipinski definition) is 3. The SMILES string of the molecule is CC1(C)CN(S(=O)(=O)CC2CCCCC2)CC(CBr)O1. The lowest BCUT2D eigenvalue weighted by Crippen LogP contribution is -2.55. The summed E-state index contributed by atoms with van der Waals surface area (Å²) in [6, 6.07) is 0. The van der Waals surface area contributed by atoms with Crippen LogP contribution in [0.5, 0.6) is 0 Å². The second kappa shape index (κ2) is 6.63. The third-order valence-electron chi connectivity index (χ3n) is 4.19. The molecule has 0 spiro atoms. The van der Waals surface area contributed by atoms with Gasteiger partial charge in [0.2, 0.25) is 10.0 Å². The van der Waals surface area contributed by atoms with Gasteiger partial charge in [-0.1, -0.05) is 35.2 Å². The molecule has 0 amide bonds. The molecule has 118 valence electrons. The van der Waals surface area contributed by atoms with Crippen LogP contribution in [-0.4, -0.2) is 48.6 Å². The molecule has 0 aromatic heterocycles. The monoisotopic (exact) mass is 367 g/mol. The van der Waals surface area contributed by atoms with Crippen LogP contribution in [0.15, 0.2) is 0 Å². The van der Waals surface area contributed by atoms with Gasteiger partial charge in [0.05, 0.1) is 17.5 Å². The molecule has 1 aliphatic heterocycles. The molecule has 1 atom stereocenters. The number of nitrogens with zero attached hydrogens (tertiary/aromatic N) is 1. The van der Waals surface area contributed by atoms with Crippen molar-refractivity contribution in [1.82, 2.24) is 4.31 Å². The highest BCUT2D eigenvalue weighted by atomic mass is 79.9. The molecule has 1 unspecified atom stereocenters. The van der Waals surface area contributed by atoms with Gasteiger partial charge in [0.25, 0.3) is 0 Å². The summed E-state index contributed by atoms with van der Waals surface area (Å²) >= 11 is 3.41. The van der Waals surface area contributed by atoms with E-state index in [4.69, 9.17) is 4.74 Å². The second-order valence-corrected chi connectivity index (χ2v) is 9.39. The Balaban J connectivity index is 2.03. The van der Waals surface area contributed by atoms with Crippen LogP contribution in [0.25, 0.3) is 0 Å². The van der Waals surface area contributed by atoms with Crippen LogP contribution in [0.2, 0.25) is 0 Å². The Morgan fingerprint density at radius 2 is 1.90 bits per heavy atom. The Kier molecular flexibility index (Phi) is 5.54. The summed E-state index contributed by atoms with van der Waals surface area (Å²) < 4.78 is 32.9. The number of sulfonamides is 1. The minimum atomic E-state index is -3.16. The van der Waals surface area contributed by atoms with Crippen molar-refractivity contribution in [3.63, 3.8) is 0 Å². The smallest absolute Gasteiger partial charge is 0.214 e. The first kappa shape index (κ1) is 16.7. The molecule has 0 radical (unpaired) electrons. The minimum absolute atomic E-state index is 0.0557. The lowest BCUT2D eigenvalue weighted by Gasteiger charge is -2.42. The van der Waals surface area contributed by atoms with E-state index in [9.17, 15) is 8.42 Å². The molecule has 1 heterocycles. The number of halogens is 1. The highest BCUT2D eigenvalue weighted by Gasteiger charge is 2.39. The fourth-order valence-corrected chi connectivity index (χ4v) is 5.67. The summed E-state index contributed by atoms with van der Waals surface area (Å²) in [5, 5.41) is 0.672. The Hall–Kier alpha value is 0.350. The maximum atomic E-state index is 12.7. The van der Waals surface area contributed by atoms with E-state index < -0.39 is 15.6 Å². The number of morpholine rings is 1. The first-order valence-corrected chi connectivity index (χ1v) is 10.3. The Bertz CT molecular complexity index is 418. The van der Waals surface area contributed by atoms with Crippen LogP contribution in [0.4, 0.5) is 0 Å².